The van der Waals surface area contributed by atoms with Crippen molar-refractivity contribution in [1.29, 1.82) is 0 Å². The Morgan fingerprint density at radius 2 is 2.00 bits per heavy atom. The van der Waals surface area contributed by atoms with Crippen LogP contribution in [0.15, 0.2) is 12.2 Å². The molecule has 0 aromatic rings. The zero-order valence-corrected chi connectivity index (χ0v) is 12.3. The monoisotopic (exact) mass is 292 g/mol. The molecular formula is C11H18O5P2. The molecule has 1 atom stereocenters. The van der Waals surface area contributed by atoms with Gasteiger partial charge in [0.1, 0.15) is 6.10 Å². The molecule has 7 heteroatoms. The standard InChI is InChI=1S/C11H18O5P2/c1-9(2)11(12)16-10(8-17-13)6-4-3-5-7-15-18-14/h10H,1,3-8H2,2H3. The number of esters is 1. The molecule has 0 aliphatic rings. The molecule has 0 spiro atoms. The fraction of sp³-hybridized carbons (Fsp3) is 0.727. The Morgan fingerprint density at radius 3 is 2.56 bits per heavy atom. The summed E-state index contributed by atoms with van der Waals surface area (Å²) in [5.41, 5.74) is 0.338. The van der Waals surface area contributed by atoms with Crippen LogP contribution in [-0.2, 0) is 23.2 Å². The third-order valence-electron chi connectivity index (χ3n) is 2.21. The van der Waals surface area contributed by atoms with Gasteiger partial charge in [-0.1, -0.05) is 13.0 Å². The summed E-state index contributed by atoms with van der Waals surface area (Å²) in [4.78, 5) is 11.3. The highest BCUT2D eigenvalue weighted by atomic mass is 31.1. The zero-order chi connectivity index (χ0) is 13.8. The lowest BCUT2D eigenvalue weighted by atomic mass is 10.1. The third kappa shape index (κ3) is 9.41. The van der Waals surface area contributed by atoms with Crippen molar-refractivity contribution in [3.05, 3.63) is 12.2 Å². The van der Waals surface area contributed by atoms with Crippen LogP contribution in [0, 0.1) is 0 Å². The molecule has 0 saturated carbocycles. The fourth-order valence-electron chi connectivity index (χ4n) is 1.28. The number of carbonyl (C=O) groups excluding carboxylic acids is 1. The van der Waals surface area contributed by atoms with Gasteiger partial charge in [0.15, 0.2) is 8.46 Å². The Kier molecular flexibility index (Phi) is 11.1. The highest BCUT2D eigenvalue weighted by Gasteiger charge is 2.14. The first kappa shape index (κ1) is 17.4. The SMILES string of the molecule is C=C(C)C(=O)OC(CCCCCOP=O)CP=O. The highest BCUT2D eigenvalue weighted by molar-refractivity contribution is 7.23. The second-order valence-corrected chi connectivity index (χ2v) is 4.91. The predicted octanol–water partition coefficient (Wildman–Crippen LogP) is 3.55. The number of hydrogen-bond acceptors (Lipinski definition) is 5. The highest BCUT2D eigenvalue weighted by Crippen LogP contribution is 2.13. The van der Waals surface area contributed by atoms with Gasteiger partial charge < -0.3 is 4.74 Å². The summed E-state index contributed by atoms with van der Waals surface area (Å²) in [7, 11) is -0.334. The molecule has 0 N–H and O–H groups in total. The van der Waals surface area contributed by atoms with Crippen LogP contribution in [0.2, 0.25) is 0 Å². The van der Waals surface area contributed by atoms with E-state index in [0.717, 1.165) is 19.3 Å². The molecule has 0 heterocycles. The first-order valence-electron chi connectivity index (χ1n) is 5.72. The Hall–Kier alpha value is -0.630. The predicted molar refractivity (Wildman–Crippen MR) is 69.2 cm³/mol. The molecular weight excluding hydrogens is 274 g/mol. The molecule has 0 amide bonds. The van der Waals surface area contributed by atoms with E-state index in [4.69, 9.17) is 4.74 Å². The van der Waals surface area contributed by atoms with Gasteiger partial charge in [0, 0.05) is 5.57 Å². The zero-order valence-electron chi connectivity index (χ0n) is 10.5. The smallest absolute Gasteiger partial charge is 0.333 e. The van der Waals surface area contributed by atoms with Gasteiger partial charge in [-0.05, 0) is 26.2 Å². The van der Waals surface area contributed by atoms with Gasteiger partial charge in [-0.2, -0.15) is 0 Å². The van der Waals surface area contributed by atoms with Crippen molar-refractivity contribution < 1.29 is 23.2 Å². The van der Waals surface area contributed by atoms with Crippen molar-refractivity contribution in [3.63, 3.8) is 0 Å². The summed E-state index contributed by atoms with van der Waals surface area (Å²) in [5.74, 6) is -0.447. The van der Waals surface area contributed by atoms with Crippen LogP contribution in [0.1, 0.15) is 32.6 Å². The summed E-state index contributed by atoms with van der Waals surface area (Å²) in [5, 5.41) is 0. The van der Waals surface area contributed by atoms with Crippen LogP contribution < -0.4 is 0 Å². The molecule has 0 saturated heterocycles. The first-order valence-corrected chi connectivity index (χ1v) is 7.44. The van der Waals surface area contributed by atoms with Crippen molar-refractivity contribution >= 4 is 23.1 Å². The van der Waals surface area contributed by atoms with E-state index in [1.165, 1.54) is 0 Å². The topological polar surface area (TPSA) is 69.7 Å². The fourth-order valence-corrected chi connectivity index (χ4v) is 1.90. The van der Waals surface area contributed by atoms with Crippen LogP contribution in [-0.4, -0.2) is 24.8 Å². The Morgan fingerprint density at radius 1 is 1.28 bits per heavy atom. The number of rotatable bonds is 11. The average molecular weight is 292 g/mol. The summed E-state index contributed by atoms with van der Waals surface area (Å²) in [6, 6.07) is 0. The molecule has 0 aromatic heterocycles. The van der Waals surface area contributed by atoms with E-state index in [2.05, 4.69) is 11.1 Å². The number of hydrogen-bond donors (Lipinski definition) is 0. The lowest BCUT2D eigenvalue weighted by Crippen LogP contribution is -2.20. The summed E-state index contributed by atoms with van der Waals surface area (Å²) >= 11 is 0. The normalized spacial score (nSPS) is 12.5. The van der Waals surface area contributed by atoms with Crippen LogP contribution in [0.5, 0.6) is 0 Å². The third-order valence-corrected chi connectivity index (χ3v) is 3.06. The molecule has 0 rings (SSSR count). The van der Waals surface area contributed by atoms with E-state index in [0.29, 0.717) is 24.8 Å². The van der Waals surface area contributed by atoms with Crippen LogP contribution in [0.3, 0.4) is 0 Å². The maximum atomic E-state index is 11.3. The quantitative estimate of drug-likeness (QED) is 0.252. The first-order chi connectivity index (χ1) is 8.61. The maximum absolute atomic E-state index is 11.3. The Labute approximate surface area is 110 Å². The van der Waals surface area contributed by atoms with Crippen molar-refractivity contribution in [3.8, 4) is 0 Å². The van der Waals surface area contributed by atoms with E-state index in [1.807, 2.05) is 0 Å². The van der Waals surface area contributed by atoms with Gasteiger partial charge in [-0.25, -0.2) is 9.36 Å². The van der Waals surface area contributed by atoms with Crippen molar-refractivity contribution in [1.82, 2.24) is 0 Å². The number of unbranched alkanes of at least 4 members (excludes halogenated alkanes) is 2. The maximum Gasteiger partial charge on any atom is 0.333 e. The van der Waals surface area contributed by atoms with Gasteiger partial charge >= 0.3 is 14.7 Å². The van der Waals surface area contributed by atoms with Crippen LogP contribution in [0.25, 0.3) is 0 Å². The summed E-state index contributed by atoms with van der Waals surface area (Å²) < 4.78 is 30.4. The van der Waals surface area contributed by atoms with E-state index in [1.54, 1.807) is 6.92 Å². The van der Waals surface area contributed by atoms with Crippen LogP contribution >= 0.6 is 17.1 Å². The molecule has 0 radical (unpaired) electrons. The van der Waals surface area contributed by atoms with Crippen molar-refractivity contribution in [2.45, 2.75) is 38.7 Å². The summed E-state index contributed by atoms with van der Waals surface area (Å²) in [6.07, 6.45) is 3.13. The van der Waals surface area contributed by atoms with Crippen LogP contribution in [0.4, 0.5) is 0 Å². The second kappa shape index (κ2) is 11.5. The molecule has 0 aliphatic carbocycles. The minimum atomic E-state index is -0.447. The van der Waals surface area contributed by atoms with Gasteiger partial charge in [-0.15, -0.1) is 0 Å². The molecule has 0 aliphatic heterocycles. The molecule has 0 bridgehead atoms. The summed E-state index contributed by atoms with van der Waals surface area (Å²) in [6.45, 7) is 5.52. The van der Waals surface area contributed by atoms with Gasteiger partial charge in [0.05, 0.1) is 12.8 Å². The Bertz CT molecular complexity index is 293. The number of ether oxygens (including phenoxy) is 1. The minimum Gasteiger partial charge on any atom is -0.458 e. The molecule has 0 fully saturated rings. The van der Waals surface area contributed by atoms with Crippen molar-refractivity contribution in [2.24, 2.45) is 0 Å². The van der Waals surface area contributed by atoms with Crippen molar-refractivity contribution in [2.75, 3.05) is 12.8 Å². The molecule has 102 valence electrons. The van der Waals surface area contributed by atoms with Gasteiger partial charge in [0.25, 0.3) is 0 Å². The second-order valence-electron chi connectivity index (χ2n) is 3.88. The molecule has 0 aromatic carbocycles. The number of carbonyl (C=O) groups is 1. The lowest BCUT2D eigenvalue weighted by molar-refractivity contribution is -0.143. The molecule has 1 unspecified atom stereocenters. The van der Waals surface area contributed by atoms with E-state index >= 15 is 0 Å². The van der Waals surface area contributed by atoms with Gasteiger partial charge in [-0.3, -0.25) is 9.09 Å². The van der Waals surface area contributed by atoms with E-state index in [9.17, 15) is 13.9 Å². The Balaban J connectivity index is 3.82. The lowest BCUT2D eigenvalue weighted by Gasteiger charge is -2.14. The average Bonchev–Trinajstić information content (AvgIpc) is 2.33. The van der Waals surface area contributed by atoms with E-state index in [-0.39, 0.29) is 23.3 Å². The molecule has 5 nitrogen and oxygen atoms in total. The van der Waals surface area contributed by atoms with Gasteiger partial charge in [0.2, 0.25) is 0 Å². The molecule has 18 heavy (non-hydrogen) atoms. The largest absolute Gasteiger partial charge is 0.458 e. The van der Waals surface area contributed by atoms with E-state index < -0.39 is 5.97 Å². The minimum absolute atomic E-state index is 0.0346.